The van der Waals surface area contributed by atoms with E-state index in [4.69, 9.17) is 11.6 Å². The number of halogens is 1. The van der Waals surface area contributed by atoms with Gasteiger partial charge in [-0.1, -0.05) is 30.7 Å². The average molecular weight is 255 g/mol. The van der Waals surface area contributed by atoms with Gasteiger partial charge in [-0.3, -0.25) is 0 Å². The summed E-state index contributed by atoms with van der Waals surface area (Å²) in [6.07, 6.45) is 1.19. The van der Waals surface area contributed by atoms with Crippen LogP contribution in [0.2, 0.25) is 5.02 Å². The lowest BCUT2D eigenvalue weighted by atomic mass is 10.1. The minimum absolute atomic E-state index is 0.861. The summed E-state index contributed by atoms with van der Waals surface area (Å²) in [7, 11) is 2.15. The van der Waals surface area contributed by atoms with Crippen molar-refractivity contribution in [1.82, 2.24) is 10.2 Å². The second-order valence-electron chi connectivity index (χ2n) is 4.51. The van der Waals surface area contributed by atoms with Gasteiger partial charge < -0.3 is 10.2 Å². The van der Waals surface area contributed by atoms with Crippen molar-refractivity contribution < 1.29 is 0 Å². The molecule has 0 aromatic heterocycles. The second-order valence-corrected chi connectivity index (χ2v) is 4.92. The van der Waals surface area contributed by atoms with Crippen LogP contribution in [0.4, 0.5) is 0 Å². The Hall–Kier alpha value is -0.570. The van der Waals surface area contributed by atoms with Crippen LogP contribution in [0, 0.1) is 6.92 Å². The molecule has 0 aliphatic rings. The van der Waals surface area contributed by atoms with Gasteiger partial charge >= 0.3 is 0 Å². The number of hydrogen-bond donors (Lipinski definition) is 1. The van der Waals surface area contributed by atoms with Crippen LogP contribution in [0.5, 0.6) is 0 Å². The first-order valence-corrected chi connectivity index (χ1v) is 6.66. The molecule has 1 aromatic rings. The van der Waals surface area contributed by atoms with Gasteiger partial charge in [0, 0.05) is 24.7 Å². The van der Waals surface area contributed by atoms with Crippen molar-refractivity contribution in [3.05, 3.63) is 34.3 Å². The third-order valence-electron chi connectivity index (χ3n) is 2.92. The Bertz CT molecular complexity index is 339. The van der Waals surface area contributed by atoms with E-state index < -0.39 is 0 Å². The predicted octanol–water partition coefficient (Wildman–Crippen LogP) is 3.08. The second kappa shape index (κ2) is 7.70. The predicted molar refractivity (Wildman–Crippen MR) is 75.7 cm³/mol. The van der Waals surface area contributed by atoms with Crippen LogP contribution in [-0.2, 0) is 6.54 Å². The number of benzene rings is 1. The molecule has 2 nitrogen and oxygen atoms in total. The van der Waals surface area contributed by atoms with Gasteiger partial charge in [-0.25, -0.2) is 0 Å². The van der Waals surface area contributed by atoms with E-state index in [0.29, 0.717) is 0 Å². The molecule has 17 heavy (non-hydrogen) atoms. The molecule has 0 spiro atoms. The van der Waals surface area contributed by atoms with Gasteiger partial charge in [0.05, 0.1) is 0 Å². The molecule has 0 atom stereocenters. The fourth-order valence-corrected chi connectivity index (χ4v) is 1.96. The van der Waals surface area contributed by atoms with Crippen LogP contribution >= 0.6 is 11.6 Å². The summed E-state index contributed by atoms with van der Waals surface area (Å²) >= 11 is 6.11. The molecule has 1 N–H and O–H groups in total. The Morgan fingerprint density at radius 2 is 2.06 bits per heavy atom. The van der Waals surface area contributed by atoms with E-state index in [1.807, 2.05) is 12.1 Å². The maximum atomic E-state index is 6.11. The van der Waals surface area contributed by atoms with Crippen molar-refractivity contribution in [2.75, 3.05) is 26.7 Å². The van der Waals surface area contributed by atoms with Crippen molar-refractivity contribution >= 4 is 11.6 Å². The highest BCUT2D eigenvalue weighted by atomic mass is 35.5. The van der Waals surface area contributed by atoms with Crippen LogP contribution < -0.4 is 5.32 Å². The lowest BCUT2D eigenvalue weighted by molar-refractivity contribution is 0.324. The van der Waals surface area contributed by atoms with E-state index in [1.54, 1.807) is 0 Å². The maximum absolute atomic E-state index is 6.11. The number of hydrogen-bond acceptors (Lipinski definition) is 2. The van der Waals surface area contributed by atoms with Crippen LogP contribution in [-0.4, -0.2) is 31.6 Å². The number of nitrogens with zero attached hydrogens (tertiary/aromatic N) is 1. The number of nitrogens with one attached hydrogen (secondary N) is 1. The zero-order valence-corrected chi connectivity index (χ0v) is 11.8. The summed E-state index contributed by atoms with van der Waals surface area (Å²) in [4.78, 5) is 2.32. The Morgan fingerprint density at radius 1 is 1.29 bits per heavy atom. The summed E-state index contributed by atoms with van der Waals surface area (Å²) in [5, 5.41) is 4.27. The molecular formula is C14H23ClN2. The number of rotatable bonds is 7. The van der Waals surface area contributed by atoms with E-state index in [-0.39, 0.29) is 0 Å². The monoisotopic (exact) mass is 254 g/mol. The Kier molecular flexibility index (Phi) is 6.56. The smallest absolute Gasteiger partial charge is 0.0438 e. The third kappa shape index (κ3) is 5.07. The SMILES string of the molecule is CCCNCCN(C)Cc1cccc(Cl)c1C. The van der Waals surface area contributed by atoms with Crippen LogP contribution in [0.1, 0.15) is 24.5 Å². The molecular weight excluding hydrogens is 232 g/mol. The van der Waals surface area contributed by atoms with Crippen molar-refractivity contribution in [2.45, 2.75) is 26.8 Å². The van der Waals surface area contributed by atoms with E-state index in [9.17, 15) is 0 Å². The summed E-state index contributed by atoms with van der Waals surface area (Å²) < 4.78 is 0. The van der Waals surface area contributed by atoms with Gasteiger partial charge in [0.2, 0.25) is 0 Å². The topological polar surface area (TPSA) is 15.3 Å². The lowest BCUT2D eigenvalue weighted by Gasteiger charge is -2.18. The molecule has 3 heteroatoms. The third-order valence-corrected chi connectivity index (χ3v) is 3.33. The van der Waals surface area contributed by atoms with Gasteiger partial charge in [0.15, 0.2) is 0 Å². The van der Waals surface area contributed by atoms with Gasteiger partial charge in [0.25, 0.3) is 0 Å². The van der Waals surface area contributed by atoms with Crippen molar-refractivity contribution in [1.29, 1.82) is 0 Å². The van der Waals surface area contributed by atoms with E-state index in [0.717, 1.165) is 31.2 Å². The molecule has 0 fully saturated rings. The quantitative estimate of drug-likeness (QED) is 0.753. The normalized spacial score (nSPS) is 11.1. The minimum atomic E-state index is 0.861. The Labute approximate surface area is 110 Å². The largest absolute Gasteiger partial charge is 0.315 e. The molecule has 0 aliphatic carbocycles. The molecule has 0 aliphatic heterocycles. The molecule has 0 amide bonds. The van der Waals surface area contributed by atoms with Gasteiger partial charge in [0.1, 0.15) is 0 Å². The Morgan fingerprint density at radius 3 is 2.76 bits per heavy atom. The number of likely N-dealkylation sites (N-methyl/N-ethyl adjacent to an activating group) is 1. The molecule has 0 bridgehead atoms. The molecule has 0 unspecified atom stereocenters. The van der Waals surface area contributed by atoms with E-state index in [2.05, 4.69) is 37.2 Å². The highest BCUT2D eigenvalue weighted by Gasteiger charge is 2.05. The molecule has 1 aromatic carbocycles. The summed E-state index contributed by atoms with van der Waals surface area (Å²) in [6, 6.07) is 6.12. The highest BCUT2D eigenvalue weighted by molar-refractivity contribution is 6.31. The van der Waals surface area contributed by atoms with Crippen LogP contribution in [0.25, 0.3) is 0 Å². The van der Waals surface area contributed by atoms with Crippen LogP contribution in [0.3, 0.4) is 0 Å². The summed E-state index contributed by atoms with van der Waals surface area (Å²) in [5.74, 6) is 0. The summed E-state index contributed by atoms with van der Waals surface area (Å²) in [6.45, 7) is 8.44. The van der Waals surface area contributed by atoms with E-state index in [1.165, 1.54) is 17.5 Å². The Balaban J connectivity index is 2.39. The van der Waals surface area contributed by atoms with Crippen LogP contribution in [0.15, 0.2) is 18.2 Å². The van der Waals surface area contributed by atoms with E-state index >= 15 is 0 Å². The first-order valence-electron chi connectivity index (χ1n) is 6.28. The molecule has 96 valence electrons. The zero-order chi connectivity index (χ0) is 12.7. The zero-order valence-electron chi connectivity index (χ0n) is 11.1. The lowest BCUT2D eigenvalue weighted by Crippen LogP contribution is -2.29. The van der Waals surface area contributed by atoms with Gasteiger partial charge in [-0.15, -0.1) is 0 Å². The molecule has 0 heterocycles. The van der Waals surface area contributed by atoms with Crippen molar-refractivity contribution in [2.24, 2.45) is 0 Å². The fourth-order valence-electron chi connectivity index (χ4n) is 1.76. The first-order chi connectivity index (χ1) is 8.15. The van der Waals surface area contributed by atoms with Crippen molar-refractivity contribution in [3.8, 4) is 0 Å². The van der Waals surface area contributed by atoms with Crippen molar-refractivity contribution in [3.63, 3.8) is 0 Å². The maximum Gasteiger partial charge on any atom is 0.0438 e. The first kappa shape index (κ1) is 14.5. The van der Waals surface area contributed by atoms with Gasteiger partial charge in [-0.05, 0) is 44.1 Å². The minimum Gasteiger partial charge on any atom is -0.315 e. The molecule has 1 rings (SSSR count). The highest BCUT2D eigenvalue weighted by Crippen LogP contribution is 2.19. The fraction of sp³-hybridized carbons (Fsp3) is 0.571. The molecule has 0 saturated carbocycles. The molecule has 0 saturated heterocycles. The standard InChI is InChI=1S/C14H23ClN2/c1-4-8-16-9-10-17(3)11-13-6-5-7-14(15)12(13)2/h5-7,16H,4,8-11H2,1-3H3. The summed E-state index contributed by atoms with van der Waals surface area (Å²) in [5.41, 5.74) is 2.51. The average Bonchev–Trinajstić information content (AvgIpc) is 2.31. The molecule has 0 radical (unpaired) electrons. The van der Waals surface area contributed by atoms with Gasteiger partial charge in [-0.2, -0.15) is 0 Å².